The van der Waals surface area contributed by atoms with Crippen LogP contribution >= 0.6 is 0 Å². The molecule has 0 bridgehead atoms. The number of hydrogen-bond acceptors (Lipinski definition) is 3. The van der Waals surface area contributed by atoms with Crippen LogP contribution in [0, 0.1) is 0 Å². The Morgan fingerprint density at radius 1 is 1.58 bits per heavy atom. The van der Waals surface area contributed by atoms with Crippen molar-refractivity contribution in [1.29, 1.82) is 0 Å². The van der Waals surface area contributed by atoms with Crippen molar-refractivity contribution < 1.29 is 17.8 Å². The Morgan fingerprint density at radius 2 is 2.08 bits per heavy atom. The first-order chi connectivity index (χ1) is 5.35. The summed E-state index contributed by atoms with van der Waals surface area (Å²) in [5.41, 5.74) is 0. The predicted octanol–water partition coefficient (Wildman–Crippen LogP) is -0.211. The Labute approximate surface area is 71.9 Å². The molecule has 1 unspecified atom stereocenters. The number of hydrogen-bond donors (Lipinski definition) is 2. The van der Waals surface area contributed by atoms with Gasteiger partial charge in [0.15, 0.2) is 0 Å². The minimum Gasteiger partial charge on any atom is -0.353 e. The number of amides is 1. The molecule has 0 saturated carbocycles. The van der Waals surface area contributed by atoms with Gasteiger partial charge >= 0.3 is 0 Å². The predicted molar refractivity (Wildman–Crippen MR) is 44.3 cm³/mol. The zero-order chi connectivity index (χ0) is 9.78. The lowest BCUT2D eigenvalue weighted by atomic mass is 10.3. The van der Waals surface area contributed by atoms with Gasteiger partial charge in [-0.15, -0.1) is 0 Å². The number of carbonyl (C=O) groups excluding carboxylic acids is 1. The maximum atomic E-state index is 10.7. The quantitative estimate of drug-likeness (QED) is 0.608. The Kier molecular flexibility index (Phi) is 4.19. The smallest absolute Gasteiger partial charge is 0.266 e. The first-order valence-corrected chi connectivity index (χ1v) is 5.20. The average molecular weight is 195 g/mol. The van der Waals surface area contributed by atoms with E-state index in [2.05, 4.69) is 5.32 Å². The Hall–Kier alpha value is -0.620. The molecule has 0 aliphatic rings. The van der Waals surface area contributed by atoms with Crippen molar-refractivity contribution in [1.82, 2.24) is 5.32 Å². The van der Waals surface area contributed by atoms with Crippen molar-refractivity contribution in [3.8, 4) is 0 Å². The molecule has 0 saturated heterocycles. The largest absolute Gasteiger partial charge is 0.353 e. The highest BCUT2D eigenvalue weighted by Gasteiger charge is 2.13. The zero-order valence-corrected chi connectivity index (χ0v) is 7.89. The summed E-state index contributed by atoms with van der Waals surface area (Å²) in [6, 6.07) is -0.549. The highest BCUT2D eigenvalue weighted by molar-refractivity contribution is 7.85. The molecule has 0 radical (unpaired) electrons. The summed E-state index contributed by atoms with van der Waals surface area (Å²) in [7, 11) is -3.99. The first-order valence-electron chi connectivity index (χ1n) is 3.59. The normalized spacial score (nSPS) is 13.9. The molecule has 0 fully saturated rings. The monoisotopic (exact) mass is 195 g/mol. The third-order valence-corrected chi connectivity index (χ3v) is 2.11. The van der Waals surface area contributed by atoms with Crippen molar-refractivity contribution in [2.75, 3.05) is 5.75 Å². The SMILES string of the molecule is CCC(=O)NC(C)CS(=O)(=O)O. The van der Waals surface area contributed by atoms with Crippen LogP contribution in [0.25, 0.3) is 0 Å². The van der Waals surface area contributed by atoms with E-state index in [9.17, 15) is 13.2 Å². The van der Waals surface area contributed by atoms with Crippen LogP contribution in [0.1, 0.15) is 20.3 Å². The summed E-state index contributed by atoms with van der Waals surface area (Å²) < 4.78 is 29.0. The fraction of sp³-hybridized carbons (Fsp3) is 0.833. The molecule has 6 heteroatoms. The maximum Gasteiger partial charge on any atom is 0.266 e. The van der Waals surface area contributed by atoms with Crippen LogP contribution in [0.3, 0.4) is 0 Å². The van der Waals surface area contributed by atoms with E-state index in [0.29, 0.717) is 6.42 Å². The molecule has 2 N–H and O–H groups in total. The van der Waals surface area contributed by atoms with Gasteiger partial charge in [-0.25, -0.2) is 0 Å². The lowest BCUT2D eigenvalue weighted by Gasteiger charge is -2.10. The molecule has 1 atom stereocenters. The van der Waals surface area contributed by atoms with Gasteiger partial charge in [0.05, 0.1) is 5.75 Å². The van der Waals surface area contributed by atoms with Crippen molar-refractivity contribution in [2.24, 2.45) is 0 Å². The van der Waals surface area contributed by atoms with Crippen LogP contribution in [0.5, 0.6) is 0 Å². The Morgan fingerprint density at radius 3 is 2.42 bits per heavy atom. The van der Waals surface area contributed by atoms with E-state index in [-0.39, 0.29) is 5.91 Å². The van der Waals surface area contributed by atoms with E-state index in [1.807, 2.05) is 0 Å². The topological polar surface area (TPSA) is 83.5 Å². The zero-order valence-electron chi connectivity index (χ0n) is 7.07. The van der Waals surface area contributed by atoms with Gasteiger partial charge in [0.25, 0.3) is 10.1 Å². The minimum absolute atomic E-state index is 0.230. The highest BCUT2D eigenvalue weighted by Crippen LogP contribution is 1.90. The number of rotatable bonds is 4. The number of carbonyl (C=O) groups is 1. The summed E-state index contributed by atoms with van der Waals surface area (Å²) in [6.45, 7) is 3.18. The van der Waals surface area contributed by atoms with Crippen LogP contribution in [-0.4, -0.2) is 30.7 Å². The molecule has 0 aliphatic heterocycles. The maximum absolute atomic E-state index is 10.7. The molecular formula is C6H13NO4S. The van der Waals surface area contributed by atoms with E-state index < -0.39 is 21.9 Å². The molecule has 1 amide bonds. The van der Waals surface area contributed by atoms with Crippen molar-refractivity contribution in [3.63, 3.8) is 0 Å². The molecule has 5 nitrogen and oxygen atoms in total. The summed E-state index contributed by atoms with van der Waals surface area (Å²) >= 11 is 0. The molecule has 72 valence electrons. The van der Waals surface area contributed by atoms with E-state index in [1.165, 1.54) is 6.92 Å². The van der Waals surface area contributed by atoms with Crippen LogP contribution in [0.2, 0.25) is 0 Å². The summed E-state index contributed by atoms with van der Waals surface area (Å²) in [4.78, 5) is 10.7. The molecule has 0 aliphatic carbocycles. The van der Waals surface area contributed by atoms with E-state index in [4.69, 9.17) is 4.55 Å². The molecule has 12 heavy (non-hydrogen) atoms. The second-order valence-corrected chi connectivity index (χ2v) is 4.07. The molecule has 0 aromatic rings. The molecular weight excluding hydrogens is 182 g/mol. The van der Waals surface area contributed by atoms with Gasteiger partial charge in [0, 0.05) is 12.5 Å². The van der Waals surface area contributed by atoms with Gasteiger partial charge in [0.1, 0.15) is 0 Å². The van der Waals surface area contributed by atoms with E-state index >= 15 is 0 Å². The summed E-state index contributed by atoms with van der Waals surface area (Å²) in [6.07, 6.45) is 0.301. The van der Waals surface area contributed by atoms with Crippen molar-refractivity contribution >= 4 is 16.0 Å². The molecule has 0 rings (SSSR count). The number of nitrogens with one attached hydrogen (secondary N) is 1. The van der Waals surface area contributed by atoms with Crippen LogP contribution in [-0.2, 0) is 14.9 Å². The average Bonchev–Trinajstić information content (AvgIpc) is 1.82. The van der Waals surface area contributed by atoms with Crippen LogP contribution in [0.15, 0.2) is 0 Å². The first kappa shape index (κ1) is 11.4. The van der Waals surface area contributed by atoms with Gasteiger partial charge in [0.2, 0.25) is 5.91 Å². The van der Waals surface area contributed by atoms with Gasteiger partial charge in [-0.3, -0.25) is 9.35 Å². The highest BCUT2D eigenvalue weighted by atomic mass is 32.2. The lowest BCUT2D eigenvalue weighted by molar-refractivity contribution is -0.121. The summed E-state index contributed by atoms with van der Waals surface area (Å²) in [5, 5.41) is 2.41. The second-order valence-electron chi connectivity index (χ2n) is 2.57. The lowest BCUT2D eigenvalue weighted by Crippen LogP contribution is -2.36. The fourth-order valence-electron chi connectivity index (χ4n) is 0.734. The molecule has 0 heterocycles. The van der Waals surface area contributed by atoms with Gasteiger partial charge in [-0.2, -0.15) is 8.42 Å². The standard InChI is InChI=1S/C6H13NO4S/c1-3-6(8)7-5(2)4-12(9,10)11/h5H,3-4H2,1-2H3,(H,7,8)(H,9,10,11). The van der Waals surface area contributed by atoms with E-state index in [1.54, 1.807) is 6.92 Å². The Bertz CT molecular complexity index is 246. The fourth-order valence-corrected chi connectivity index (χ4v) is 1.45. The van der Waals surface area contributed by atoms with E-state index in [0.717, 1.165) is 0 Å². The third kappa shape index (κ3) is 6.11. The molecule has 0 spiro atoms. The van der Waals surface area contributed by atoms with Gasteiger partial charge < -0.3 is 5.32 Å². The van der Waals surface area contributed by atoms with Crippen LogP contribution < -0.4 is 5.32 Å². The van der Waals surface area contributed by atoms with Crippen molar-refractivity contribution in [3.05, 3.63) is 0 Å². The Balaban J connectivity index is 3.91. The van der Waals surface area contributed by atoms with Crippen LogP contribution in [0.4, 0.5) is 0 Å². The van der Waals surface area contributed by atoms with Gasteiger partial charge in [-0.05, 0) is 6.92 Å². The van der Waals surface area contributed by atoms with Gasteiger partial charge in [-0.1, -0.05) is 6.92 Å². The second kappa shape index (κ2) is 4.42. The molecule has 0 aromatic carbocycles. The third-order valence-electron chi connectivity index (χ3n) is 1.19. The van der Waals surface area contributed by atoms with Crippen molar-refractivity contribution in [2.45, 2.75) is 26.3 Å². The summed E-state index contributed by atoms with van der Waals surface area (Å²) in [5.74, 6) is -0.676. The minimum atomic E-state index is -3.99. The molecule has 0 aromatic heterocycles.